The van der Waals surface area contributed by atoms with Crippen molar-refractivity contribution in [1.82, 2.24) is 5.01 Å². The Labute approximate surface area is 139 Å². The van der Waals surface area contributed by atoms with Crippen LogP contribution in [0.15, 0.2) is 10.2 Å². The molecule has 1 amide bonds. The quantitative estimate of drug-likeness (QED) is 0.109. The lowest BCUT2D eigenvalue weighted by molar-refractivity contribution is -0.149. The van der Waals surface area contributed by atoms with Gasteiger partial charge in [0.05, 0.1) is 10.1 Å². The molecule has 0 aromatic rings. The topological polar surface area (TPSA) is 97.4 Å². The zero-order chi connectivity index (χ0) is 16.3. The standard InChI is InChI=1S/C11H20N4O3S3/c1-8(16)18-7-11(17)15(2)14-10(20)4-6-21-5-3-9(19)13-12/h3-7,12H2,1-2H3,(H,13,19)(H,14,20). The van der Waals surface area contributed by atoms with Crippen molar-refractivity contribution < 1.29 is 14.3 Å². The molecule has 0 aliphatic heterocycles. The zero-order valence-corrected chi connectivity index (χ0v) is 14.6. The summed E-state index contributed by atoms with van der Waals surface area (Å²) in [5.74, 6) is 5.80. The molecule has 0 unspecified atom stereocenters. The van der Waals surface area contributed by atoms with Gasteiger partial charge < -0.3 is 10.6 Å². The summed E-state index contributed by atoms with van der Waals surface area (Å²) in [6, 6.07) is 0. The van der Waals surface area contributed by atoms with Gasteiger partial charge in [-0.3, -0.25) is 9.59 Å². The highest BCUT2D eigenvalue weighted by molar-refractivity contribution is 8.00. The molecule has 0 spiro atoms. The van der Waals surface area contributed by atoms with Crippen molar-refractivity contribution in [2.24, 2.45) is 16.0 Å². The molecule has 0 aromatic heterocycles. The number of thiol groups is 2. The van der Waals surface area contributed by atoms with E-state index in [1.165, 1.54) is 14.0 Å². The van der Waals surface area contributed by atoms with Crippen molar-refractivity contribution in [2.75, 3.05) is 25.2 Å². The average molecular weight is 353 g/mol. The summed E-state index contributed by atoms with van der Waals surface area (Å²) in [4.78, 5) is 22.1. The van der Waals surface area contributed by atoms with Crippen molar-refractivity contribution in [3.8, 4) is 0 Å². The second-order valence-corrected chi connectivity index (χ2v) is 6.13. The molecular weight excluding hydrogens is 332 g/mol. The summed E-state index contributed by atoms with van der Waals surface area (Å²) < 4.78 is 4.60. The SMILES string of the molecule is CC(=O)OCC(=O)N(C)/N=C(\S)CCSCC/C(S)=N/N. The first kappa shape index (κ1) is 20.1. The van der Waals surface area contributed by atoms with Gasteiger partial charge in [0.2, 0.25) is 0 Å². The minimum absolute atomic E-state index is 0.325. The number of carbonyl (C=O) groups is 2. The zero-order valence-electron chi connectivity index (χ0n) is 12.0. The summed E-state index contributed by atoms with van der Waals surface area (Å²) in [5.41, 5.74) is 0. The van der Waals surface area contributed by atoms with E-state index in [-0.39, 0.29) is 6.61 Å². The first-order valence-corrected chi connectivity index (χ1v) is 8.11. The van der Waals surface area contributed by atoms with Crippen molar-refractivity contribution in [2.45, 2.75) is 19.8 Å². The van der Waals surface area contributed by atoms with E-state index in [0.717, 1.165) is 16.5 Å². The summed E-state index contributed by atoms with van der Waals surface area (Å²) in [6.45, 7) is 0.914. The number of thioether (sulfide) groups is 1. The van der Waals surface area contributed by atoms with Gasteiger partial charge in [-0.05, 0) is 11.5 Å². The van der Waals surface area contributed by atoms with Crippen molar-refractivity contribution in [3.63, 3.8) is 0 Å². The molecule has 0 aliphatic carbocycles. The molecular formula is C11H20N4O3S3. The van der Waals surface area contributed by atoms with Gasteiger partial charge in [-0.25, -0.2) is 5.01 Å². The van der Waals surface area contributed by atoms with Crippen LogP contribution in [0, 0.1) is 0 Å². The number of carbonyl (C=O) groups excluding carboxylic acids is 2. The van der Waals surface area contributed by atoms with Gasteiger partial charge >= 0.3 is 5.97 Å². The fourth-order valence-electron chi connectivity index (χ4n) is 1.03. The van der Waals surface area contributed by atoms with Crippen LogP contribution in [0.1, 0.15) is 19.8 Å². The first-order valence-electron chi connectivity index (χ1n) is 6.06. The Kier molecular flexibility index (Phi) is 11.3. The van der Waals surface area contributed by atoms with Crippen LogP contribution in [-0.2, 0) is 14.3 Å². The molecule has 0 fully saturated rings. The lowest BCUT2D eigenvalue weighted by Crippen LogP contribution is -2.27. The van der Waals surface area contributed by atoms with Gasteiger partial charge in [0.15, 0.2) is 6.61 Å². The van der Waals surface area contributed by atoms with E-state index in [1.807, 2.05) is 0 Å². The molecule has 0 saturated carbocycles. The average Bonchev–Trinajstić information content (AvgIpc) is 2.43. The van der Waals surface area contributed by atoms with Gasteiger partial charge in [0.1, 0.15) is 0 Å². The van der Waals surface area contributed by atoms with Crippen molar-refractivity contribution in [1.29, 1.82) is 0 Å². The van der Waals surface area contributed by atoms with Gasteiger partial charge in [-0.15, -0.1) is 25.3 Å². The molecule has 0 heterocycles. The van der Waals surface area contributed by atoms with E-state index in [0.29, 0.717) is 22.9 Å². The molecule has 0 saturated heterocycles. The molecule has 0 atom stereocenters. The molecule has 7 nitrogen and oxygen atoms in total. The number of rotatable bonds is 9. The first-order chi connectivity index (χ1) is 9.86. The number of esters is 1. The summed E-state index contributed by atoms with van der Waals surface area (Å²) >= 11 is 9.96. The normalized spacial score (nSPS) is 12.2. The van der Waals surface area contributed by atoms with Gasteiger partial charge in [-0.2, -0.15) is 22.0 Å². The number of hydrogen-bond donors (Lipinski definition) is 3. The predicted octanol–water partition coefficient (Wildman–Crippen LogP) is 0.967. The Morgan fingerprint density at radius 3 is 2.33 bits per heavy atom. The number of nitrogens with zero attached hydrogens (tertiary/aromatic N) is 3. The van der Waals surface area contributed by atoms with Crippen LogP contribution < -0.4 is 5.84 Å². The maximum Gasteiger partial charge on any atom is 0.303 e. The van der Waals surface area contributed by atoms with E-state index < -0.39 is 11.9 Å². The third-order valence-corrected chi connectivity index (χ3v) is 3.75. The van der Waals surface area contributed by atoms with Crippen LogP contribution in [0.25, 0.3) is 0 Å². The summed E-state index contributed by atoms with van der Waals surface area (Å²) in [7, 11) is 1.49. The molecule has 0 rings (SSSR count). The third kappa shape index (κ3) is 11.5. The van der Waals surface area contributed by atoms with E-state index in [9.17, 15) is 9.59 Å². The molecule has 21 heavy (non-hydrogen) atoms. The lowest BCUT2D eigenvalue weighted by Gasteiger charge is -2.12. The minimum Gasteiger partial charge on any atom is -0.456 e. The highest BCUT2D eigenvalue weighted by Crippen LogP contribution is 2.08. The van der Waals surface area contributed by atoms with Crippen molar-refractivity contribution >= 4 is 59.0 Å². The van der Waals surface area contributed by atoms with Crippen LogP contribution in [0.4, 0.5) is 0 Å². The molecule has 0 aliphatic rings. The van der Waals surface area contributed by atoms with Gasteiger partial charge in [0, 0.05) is 26.8 Å². The minimum atomic E-state index is -0.507. The molecule has 0 bridgehead atoms. The fraction of sp³-hybridized carbons (Fsp3) is 0.636. The maximum atomic E-state index is 11.5. The Morgan fingerprint density at radius 1 is 1.24 bits per heavy atom. The smallest absolute Gasteiger partial charge is 0.303 e. The highest BCUT2D eigenvalue weighted by atomic mass is 32.2. The van der Waals surface area contributed by atoms with Crippen LogP contribution in [0.5, 0.6) is 0 Å². The number of nitrogens with two attached hydrogens (primary N) is 1. The van der Waals surface area contributed by atoms with Gasteiger partial charge in [-0.1, -0.05) is 0 Å². The van der Waals surface area contributed by atoms with Crippen molar-refractivity contribution in [3.05, 3.63) is 0 Å². The number of amides is 1. The van der Waals surface area contributed by atoms with Gasteiger partial charge in [0.25, 0.3) is 5.91 Å². The Bertz CT molecular complexity index is 416. The Hall–Kier alpha value is -0.870. The van der Waals surface area contributed by atoms with E-state index >= 15 is 0 Å². The highest BCUT2D eigenvalue weighted by Gasteiger charge is 2.09. The van der Waals surface area contributed by atoms with Crippen LogP contribution in [0.3, 0.4) is 0 Å². The summed E-state index contributed by atoms with van der Waals surface area (Å²) in [5, 5.41) is 9.71. The Balaban J connectivity index is 3.95. The largest absolute Gasteiger partial charge is 0.456 e. The number of likely N-dealkylation sites (N-methyl/N-ethyl adjacent to an activating group) is 1. The predicted molar refractivity (Wildman–Crippen MR) is 93.0 cm³/mol. The number of ether oxygens (including phenoxy) is 1. The molecule has 0 radical (unpaired) electrons. The molecule has 10 heteroatoms. The van der Waals surface area contributed by atoms with E-state index in [4.69, 9.17) is 5.84 Å². The number of hydrazone groups is 2. The Morgan fingerprint density at radius 2 is 1.81 bits per heavy atom. The van der Waals surface area contributed by atoms with E-state index in [2.05, 4.69) is 40.2 Å². The lowest BCUT2D eigenvalue weighted by atomic mass is 10.5. The number of hydrogen-bond acceptors (Lipinski definition) is 7. The molecule has 2 N–H and O–H groups in total. The van der Waals surface area contributed by atoms with Crippen LogP contribution in [0.2, 0.25) is 0 Å². The van der Waals surface area contributed by atoms with Crippen LogP contribution >= 0.6 is 37.0 Å². The molecule has 120 valence electrons. The van der Waals surface area contributed by atoms with E-state index in [1.54, 1.807) is 11.8 Å². The maximum absolute atomic E-state index is 11.5. The monoisotopic (exact) mass is 352 g/mol. The summed E-state index contributed by atoms with van der Waals surface area (Å²) in [6.07, 6.45) is 1.34. The fourth-order valence-corrected chi connectivity index (χ4v) is 2.57. The third-order valence-electron chi connectivity index (χ3n) is 2.11. The second kappa shape index (κ2) is 11.8. The molecule has 0 aromatic carbocycles. The second-order valence-electron chi connectivity index (χ2n) is 3.87. The van der Waals surface area contributed by atoms with Crippen LogP contribution in [-0.4, -0.2) is 52.1 Å².